The van der Waals surface area contributed by atoms with Gasteiger partial charge in [0.1, 0.15) is 0 Å². The van der Waals surface area contributed by atoms with Gasteiger partial charge in [0, 0.05) is 18.0 Å². The highest BCUT2D eigenvalue weighted by Gasteiger charge is 2.15. The summed E-state index contributed by atoms with van der Waals surface area (Å²) in [6.07, 6.45) is 0. The minimum absolute atomic E-state index is 0.0884. The van der Waals surface area contributed by atoms with E-state index >= 15 is 0 Å². The minimum atomic E-state index is 0.0884. The lowest BCUT2D eigenvalue weighted by atomic mass is 9.93. The molecule has 0 saturated carbocycles. The second-order valence-electron chi connectivity index (χ2n) is 4.09. The van der Waals surface area contributed by atoms with Crippen LogP contribution in [0.3, 0.4) is 0 Å². The number of hydrogen-bond acceptors (Lipinski definition) is 1. The van der Waals surface area contributed by atoms with Crippen molar-refractivity contribution in [2.45, 2.75) is 33.1 Å². The molecule has 0 fully saturated rings. The van der Waals surface area contributed by atoms with Gasteiger partial charge in [0.2, 0.25) is 0 Å². The van der Waals surface area contributed by atoms with E-state index in [0.29, 0.717) is 5.69 Å². The van der Waals surface area contributed by atoms with Gasteiger partial charge in [-0.25, -0.2) is 0 Å². The molecule has 0 aliphatic rings. The lowest BCUT2D eigenvalue weighted by Crippen LogP contribution is -2.11. The van der Waals surface area contributed by atoms with Gasteiger partial charge in [-0.3, -0.25) is 4.79 Å². The molecule has 1 aromatic rings. The molecule has 0 aliphatic heterocycles. The molecule has 66 valence electrons. The Hall–Kier alpha value is -1.05. The van der Waals surface area contributed by atoms with Crippen LogP contribution in [0.4, 0.5) is 0 Å². The van der Waals surface area contributed by atoms with Gasteiger partial charge < -0.3 is 4.98 Å². The first kappa shape index (κ1) is 9.04. The quantitative estimate of drug-likeness (QED) is 0.637. The Bertz CT molecular complexity index is 291. The molecular weight excluding hydrogens is 150 g/mol. The van der Waals surface area contributed by atoms with Gasteiger partial charge in [0.05, 0.1) is 5.69 Å². The third-order valence-electron chi connectivity index (χ3n) is 1.87. The number of aromatic nitrogens is 1. The Kier molecular flexibility index (Phi) is 2.09. The number of ketones is 1. The Morgan fingerprint density at radius 1 is 1.33 bits per heavy atom. The van der Waals surface area contributed by atoms with Crippen LogP contribution in [-0.4, -0.2) is 10.8 Å². The Morgan fingerprint density at radius 2 is 1.92 bits per heavy atom. The number of hydrogen-bond donors (Lipinski definition) is 1. The molecule has 1 heterocycles. The number of H-pyrrole nitrogens is 1. The monoisotopic (exact) mass is 165 g/mol. The van der Waals surface area contributed by atoms with Gasteiger partial charge in [-0.05, 0) is 12.1 Å². The van der Waals surface area contributed by atoms with Crippen molar-refractivity contribution < 1.29 is 4.79 Å². The molecule has 0 bridgehead atoms. The van der Waals surface area contributed by atoms with Crippen LogP contribution in [0, 0.1) is 0 Å². The van der Waals surface area contributed by atoms with Crippen LogP contribution >= 0.6 is 0 Å². The normalized spacial score (nSPS) is 11.7. The van der Waals surface area contributed by atoms with E-state index in [4.69, 9.17) is 0 Å². The molecule has 0 saturated heterocycles. The van der Waals surface area contributed by atoms with Crippen molar-refractivity contribution in [3.05, 3.63) is 23.5 Å². The maximum absolute atomic E-state index is 11.0. The fourth-order valence-electron chi connectivity index (χ4n) is 1.04. The summed E-state index contributed by atoms with van der Waals surface area (Å²) in [6, 6.07) is 3.81. The maximum Gasteiger partial charge on any atom is 0.175 e. The van der Waals surface area contributed by atoms with E-state index in [1.807, 2.05) is 12.1 Å². The summed E-state index contributed by atoms with van der Waals surface area (Å²) in [5.74, 6) is 0.0884. The fraction of sp³-hybridized carbons (Fsp3) is 0.500. The molecule has 1 aromatic heterocycles. The summed E-state index contributed by atoms with van der Waals surface area (Å²) < 4.78 is 0. The van der Waals surface area contributed by atoms with E-state index in [2.05, 4.69) is 25.8 Å². The van der Waals surface area contributed by atoms with Crippen molar-refractivity contribution in [3.63, 3.8) is 0 Å². The second-order valence-corrected chi connectivity index (χ2v) is 4.09. The van der Waals surface area contributed by atoms with E-state index < -0.39 is 0 Å². The highest BCUT2D eigenvalue weighted by molar-refractivity contribution is 5.92. The van der Waals surface area contributed by atoms with Gasteiger partial charge >= 0.3 is 0 Å². The fourth-order valence-corrected chi connectivity index (χ4v) is 1.04. The SMILES string of the molecule is CC(=O)c1ccc(C(C)(C)C)[nH]1. The summed E-state index contributed by atoms with van der Waals surface area (Å²) in [4.78, 5) is 14.1. The van der Waals surface area contributed by atoms with Crippen molar-refractivity contribution in [2.75, 3.05) is 0 Å². The summed E-state index contributed by atoms with van der Waals surface area (Å²) >= 11 is 0. The average molecular weight is 165 g/mol. The van der Waals surface area contributed by atoms with Crippen LogP contribution in [0.2, 0.25) is 0 Å². The molecule has 2 nitrogen and oxygen atoms in total. The summed E-state index contributed by atoms with van der Waals surface area (Å²) in [5, 5.41) is 0. The van der Waals surface area contributed by atoms with Crippen molar-refractivity contribution >= 4 is 5.78 Å². The molecule has 0 amide bonds. The topological polar surface area (TPSA) is 32.9 Å². The number of rotatable bonds is 1. The molecule has 2 heteroatoms. The zero-order valence-electron chi connectivity index (χ0n) is 8.06. The standard InChI is InChI=1S/C10H15NO/c1-7(12)8-5-6-9(11-8)10(2,3)4/h5-6,11H,1-4H3. The van der Waals surface area contributed by atoms with Crippen LogP contribution in [0.25, 0.3) is 0 Å². The number of nitrogens with one attached hydrogen (secondary N) is 1. The van der Waals surface area contributed by atoms with E-state index in [1.165, 1.54) is 0 Å². The second kappa shape index (κ2) is 2.77. The van der Waals surface area contributed by atoms with Crippen molar-refractivity contribution in [1.29, 1.82) is 0 Å². The Labute approximate surface area is 73.0 Å². The molecule has 0 aromatic carbocycles. The molecule has 0 unspecified atom stereocenters. The van der Waals surface area contributed by atoms with Crippen LogP contribution in [-0.2, 0) is 5.41 Å². The van der Waals surface area contributed by atoms with Crippen LogP contribution in [0.5, 0.6) is 0 Å². The van der Waals surface area contributed by atoms with Gasteiger partial charge in [-0.15, -0.1) is 0 Å². The third kappa shape index (κ3) is 1.76. The first-order valence-corrected chi connectivity index (χ1v) is 4.11. The number of aromatic amines is 1. The largest absolute Gasteiger partial charge is 0.356 e. The van der Waals surface area contributed by atoms with Gasteiger partial charge in [-0.1, -0.05) is 20.8 Å². The van der Waals surface area contributed by atoms with E-state index in [0.717, 1.165) is 5.69 Å². The van der Waals surface area contributed by atoms with Crippen molar-refractivity contribution in [3.8, 4) is 0 Å². The molecule has 0 spiro atoms. The maximum atomic E-state index is 11.0. The van der Waals surface area contributed by atoms with Crippen molar-refractivity contribution in [2.24, 2.45) is 0 Å². The number of carbonyl (C=O) groups is 1. The van der Waals surface area contributed by atoms with E-state index in [9.17, 15) is 4.79 Å². The Balaban J connectivity index is 3.00. The van der Waals surface area contributed by atoms with Gasteiger partial charge in [0.15, 0.2) is 5.78 Å². The van der Waals surface area contributed by atoms with Crippen LogP contribution < -0.4 is 0 Å². The zero-order chi connectivity index (χ0) is 9.35. The van der Waals surface area contributed by atoms with Crippen molar-refractivity contribution in [1.82, 2.24) is 4.98 Å². The predicted molar refractivity (Wildman–Crippen MR) is 49.5 cm³/mol. The molecule has 0 atom stereocenters. The van der Waals surface area contributed by atoms with Crippen LogP contribution in [0.1, 0.15) is 43.9 Å². The Morgan fingerprint density at radius 3 is 2.17 bits per heavy atom. The lowest BCUT2D eigenvalue weighted by Gasteiger charge is -2.15. The zero-order valence-corrected chi connectivity index (χ0v) is 8.06. The molecule has 1 N–H and O–H groups in total. The van der Waals surface area contributed by atoms with E-state index in [-0.39, 0.29) is 11.2 Å². The lowest BCUT2D eigenvalue weighted by molar-refractivity contribution is 0.101. The van der Waals surface area contributed by atoms with Gasteiger partial charge in [0.25, 0.3) is 0 Å². The average Bonchev–Trinajstić information content (AvgIpc) is 2.30. The molecule has 0 aliphatic carbocycles. The van der Waals surface area contributed by atoms with E-state index in [1.54, 1.807) is 6.92 Å². The number of Topliss-reactive ketones (excluding diaryl/α,β-unsaturated/α-hetero) is 1. The first-order valence-electron chi connectivity index (χ1n) is 4.11. The van der Waals surface area contributed by atoms with Crippen LogP contribution in [0.15, 0.2) is 12.1 Å². The third-order valence-corrected chi connectivity index (χ3v) is 1.87. The highest BCUT2D eigenvalue weighted by atomic mass is 16.1. The molecular formula is C10H15NO. The smallest absolute Gasteiger partial charge is 0.175 e. The highest BCUT2D eigenvalue weighted by Crippen LogP contribution is 2.20. The van der Waals surface area contributed by atoms with Gasteiger partial charge in [-0.2, -0.15) is 0 Å². The summed E-state index contributed by atoms with van der Waals surface area (Å²) in [6.45, 7) is 7.91. The number of carbonyl (C=O) groups excluding carboxylic acids is 1. The summed E-state index contributed by atoms with van der Waals surface area (Å²) in [7, 11) is 0. The minimum Gasteiger partial charge on any atom is -0.356 e. The predicted octanol–water partition coefficient (Wildman–Crippen LogP) is 2.51. The molecule has 12 heavy (non-hydrogen) atoms. The summed E-state index contributed by atoms with van der Waals surface area (Å²) in [5.41, 5.74) is 1.89. The molecule has 1 rings (SSSR count). The first-order chi connectivity index (χ1) is 5.41. The molecule has 0 radical (unpaired) electrons.